The largest absolute Gasteiger partial charge is 0.432 e. The summed E-state index contributed by atoms with van der Waals surface area (Å²) in [5, 5.41) is 12.0. The molecule has 0 unspecified atom stereocenters. The number of para-hydroxylation sites is 1. The summed E-state index contributed by atoms with van der Waals surface area (Å²) in [6.45, 7) is 0.984. The maximum atomic E-state index is 13.3. The molecule has 4 rings (SSSR count). The van der Waals surface area contributed by atoms with Crippen molar-refractivity contribution >= 4 is 28.4 Å². The van der Waals surface area contributed by atoms with Crippen LogP contribution in [-0.2, 0) is 4.84 Å². The van der Waals surface area contributed by atoms with Gasteiger partial charge >= 0.3 is 6.09 Å². The number of aromatic nitrogens is 2. The molecule has 0 atom stereocenters. The zero-order chi connectivity index (χ0) is 17.9. The number of hydrogen-bond donors (Lipinski definition) is 2. The SMILES string of the molecule is O=C(Nc1n[nH]c2ccccc12)ON1CC=C(c2cccc(F)c2)CC1. The van der Waals surface area contributed by atoms with Crippen LogP contribution in [0.4, 0.5) is 15.0 Å². The first-order valence-corrected chi connectivity index (χ1v) is 8.31. The normalized spacial score (nSPS) is 14.9. The van der Waals surface area contributed by atoms with E-state index in [1.807, 2.05) is 36.4 Å². The van der Waals surface area contributed by atoms with Gasteiger partial charge in [0, 0.05) is 11.9 Å². The zero-order valence-electron chi connectivity index (χ0n) is 13.9. The lowest BCUT2D eigenvalue weighted by atomic mass is 10.0. The van der Waals surface area contributed by atoms with Crippen molar-refractivity contribution in [2.24, 2.45) is 0 Å². The molecule has 2 heterocycles. The average Bonchev–Trinajstić information content (AvgIpc) is 3.05. The molecular formula is C19H17FN4O2. The van der Waals surface area contributed by atoms with Gasteiger partial charge in [0.2, 0.25) is 0 Å². The van der Waals surface area contributed by atoms with Crippen LogP contribution in [0.15, 0.2) is 54.6 Å². The molecule has 7 heteroatoms. The van der Waals surface area contributed by atoms with Crippen LogP contribution in [-0.4, -0.2) is 34.4 Å². The van der Waals surface area contributed by atoms with Gasteiger partial charge in [-0.05, 0) is 41.8 Å². The summed E-state index contributed by atoms with van der Waals surface area (Å²) in [5.74, 6) is 0.172. The summed E-state index contributed by atoms with van der Waals surface area (Å²) in [6, 6.07) is 14.0. The van der Waals surface area contributed by atoms with E-state index >= 15 is 0 Å². The molecule has 0 bridgehead atoms. The van der Waals surface area contributed by atoms with Gasteiger partial charge in [0.25, 0.3) is 0 Å². The van der Waals surface area contributed by atoms with Gasteiger partial charge < -0.3 is 4.84 Å². The molecule has 1 aromatic heterocycles. The van der Waals surface area contributed by atoms with Crippen molar-refractivity contribution in [3.05, 3.63) is 66.0 Å². The van der Waals surface area contributed by atoms with Crippen LogP contribution in [0.1, 0.15) is 12.0 Å². The number of fused-ring (bicyclic) bond motifs is 1. The molecule has 2 aromatic carbocycles. The summed E-state index contributed by atoms with van der Waals surface area (Å²) in [4.78, 5) is 17.5. The van der Waals surface area contributed by atoms with Crippen molar-refractivity contribution in [2.45, 2.75) is 6.42 Å². The lowest BCUT2D eigenvalue weighted by Crippen LogP contribution is -2.33. The first-order valence-electron chi connectivity index (χ1n) is 8.31. The topological polar surface area (TPSA) is 70.2 Å². The van der Waals surface area contributed by atoms with Crippen molar-refractivity contribution < 1.29 is 14.0 Å². The molecule has 1 aliphatic heterocycles. The Kier molecular flexibility index (Phi) is 4.37. The Hall–Kier alpha value is -3.19. The Morgan fingerprint density at radius 3 is 2.92 bits per heavy atom. The fourth-order valence-electron chi connectivity index (χ4n) is 2.98. The van der Waals surface area contributed by atoms with Crippen molar-refractivity contribution in [3.63, 3.8) is 0 Å². The maximum absolute atomic E-state index is 13.3. The number of nitrogens with one attached hydrogen (secondary N) is 2. The smallest absolute Gasteiger partial charge is 0.350 e. The lowest BCUT2D eigenvalue weighted by molar-refractivity contribution is -0.0851. The van der Waals surface area contributed by atoms with Crippen LogP contribution in [0, 0.1) is 5.82 Å². The van der Waals surface area contributed by atoms with Crippen molar-refractivity contribution in [3.8, 4) is 0 Å². The highest BCUT2D eigenvalue weighted by molar-refractivity contribution is 5.96. The number of rotatable bonds is 3. The summed E-state index contributed by atoms with van der Waals surface area (Å²) >= 11 is 0. The van der Waals surface area contributed by atoms with Crippen LogP contribution >= 0.6 is 0 Å². The molecule has 6 nitrogen and oxygen atoms in total. The van der Waals surface area contributed by atoms with Crippen molar-refractivity contribution in [1.29, 1.82) is 0 Å². The Bertz CT molecular complexity index is 982. The van der Waals surface area contributed by atoms with Gasteiger partial charge in [0.1, 0.15) is 5.82 Å². The molecule has 0 aliphatic carbocycles. The molecule has 3 aromatic rings. The third-order valence-electron chi connectivity index (χ3n) is 4.27. The Morgan fingerprint density at radius 1 is 1.23 bits per heavy atom. The fourth-order valence-corrected chi connectivity index (χ4v) is 2.98. The third kappa shape index (κ3) is 3.43. The predicted molar refractivity (Wildman–Crippen MR) is 96.8 cm³/mol. The number of amides is 1. The second-order valence-electron chi connectivity index (χ2n) is 6.00. The molecule has 132 valence electrons. The Balaban J connectivity index is 1.37. The number of aromatic amines is 1. The van der Waals surface area contributed by atoms with E-state index in [-0.39, 0.29) is 5.82 Å². The van der Waals surface area contributed by atoms with E-state index in [0.717, 1.165) is 22.0 Å². The molecule has 1 amide bonds. The number of hydrogen-bond acceptors (Lipinski definition) is 4. The molecule has 1 aliphatic rings. The number of nitrogens with zero attached hydrogens (tertiary/aromatic N) is 2. The number of carbonyl (C=O) groups is 1. The van der Waals surface area contributed by atoms with E-state index in [0.29, 0.717) is 25.3 Å². The molecule has 0 fully saturated rings. The first kappa shape index (κ1) is 16.3. The number of carbonyl (C=O) groups excluding carboxylic acids is 1. The molecular weight excluding hydrogens is 335 g/mol. The number of halogens is 1. The van der Waals surface area contributed by atoms with Crippen molar-refractivity contribution in [1.82, 2.24) is 15.3 Å². The first-order chi connectivity index (χ1) is 12.7. The van der Waals surface area contributed by atoms with Gasteiger partial charge in [-0.25, -0.2) is 9.18 Å². The van der Waals surface area contributed by atoms with Gasteiger partial charge in [0.05, 0.1) is 12.1 Å². The van der Waals surface area contributed by atoms with Crippen LogP contribution in [0.2, 0.25) is 0 Å². The maximum Gasteiger partial charge on any atom is 0.432 e. The summed E-state index contributed by atoms with van der Waals surface area (Å²) in [6.07, 6.45) is 2.02. The average molecular weight is 352 g/mol. The van der Waals surface area contributed by atoms with E-state index in [1.54, 1.807) is 11.1 Å². The molecule has 26 heavy (non-hydrogen) atoms. The lowest BCUT2D eigenvalue weighted by Gasteiger charge is -2.24. The van der Waals surface area contributed by atoms with Gasteiger partial charge in [0.15, 0.2) is 5.82 Å². The predicted octanol–water partition coefficient (Wildman–Crippen LogP) is 3.95. The van der Waals surface area contributed by atoms with E-state index in [4.69, 9.17) is 4.84 Å². The monoisotopic (exact) mass is 352 g/mol. The van der Waals surface area contributed by atoms with Crippen LogP contribution in [0.3, 0.4) is 0 Å². The summed E-state index contributed by atoms with van der Waals surface area (Å²) in [7, 11) is 0. The second-order valence-corrected chi connectivity index (χ2v) is 6.00. The number of anilines is 1. The molecule has 0 spiro atoms. The number of hydroxylamine groups is 2. The van der Waals surface area contributed by atoms with Gasteiger partial charge in [-0.3, -0.25) is 10.4 Å². The van der Waals surface area contributed by atoms with Crippen LogP contribution in [0.5, 0.6) is 0 Å². The highest BCUT2D eigenvalue weighted by atomic mass is 19.1. The minimum Gasteiger partial charge on any atom is -0.350 e. The summed E-state index contributed by atoms with van der Waals surface area (Å²) in [5.41, 5.74) is 2.74. The zero-order valence-corrected chi connectivity index (χ0v) is 13.9. The quantitative estimate of drug-likeness (QED) is 0.749. The van der Waals surface area contributed by atoms with E-state index in [9.17, 15) is 9.18 Å². The van der Waals surface area contributed by atoms with Gasteiger partial charge in [-0.1, -0.05) is 30.3 Å². The van der Waals surface area contributed by atoms with Crippen LogP contribution < -0.4 is 5.32 Å². The standard InChI is InChI=1S/C19H17FN4O2/c20-15-5-3-4-14(12-15)13-8-10-24(11-9-13)26-19(25)21-18-16-6-1-2-7-17(16)22-23-18/h1-8,12H,9-11H2,(H2,21,22,23,25). The Labute approximate surface area is 149 Å². The van der Waals surface area contributed by atoms with Gasteiger partial charge in [-0.2, -0.15) is 5.10 Å². The number of benzene rings is 2. The summed E-state index contributed by atoms with van der Waals surface area (Å²) < 4.78 is 13.3. The minimum atomic E-state index is -0.593. The Morgan fingerprint density at radius 2 is 2.12 bits per heavy atom. The van der Waals surface area contributed by atoms with E-state index in [1.165, 1.54) is 12.1 Å². The third-order valence-corrected chi connectivity index (χ3v) is 4.27. The molecule has 2 N–H and O–H groups in total. The second kappa shape index (κ2) is 6.97. The van der Waals surface area contributed by atoms with E-state index in [2.05, 4.69) is 15.5 Å². The van der Waals surface area contributed by atoms with E-state index < -0.39 is 6.09 Å². The van der Waals surface area contributed by atoms with Crippen LogP contribution in [0.25, 0.3) is 16.5 Å². The highest BCUT2D eigenvalue weighted by Crippen LogP contribution is 2.23. The highest BCUT2D eigenvalue weighted by Gasteiger charge is 2.18. The minimum absolute atomic E-state index is 0.257. The molecule has 0 radical (unpaired) electrons. The fraction of sp³-hybridized carbons (Fsp3) is 0.158. The molecule has 0 saturated carbocycles. The van der Waals surface area contributed by atoms with Gasteiger partial charge in [-0.15, -0.1) is 5.06 Å². The van der Waals surface area contributed by atoms with Crippen molar-refractivity contribution in [2.75, 3.05) is 18.4 Å². The number of H-pyrrole nitrogens is 1. The molecule has 0 saturated heterocycles.